The summed E-state index contributed by atoms with van der Waals surface area (Å²) in [5, 5.41) is 0. The maximum absolute atomic E-state index is 5.77. The Balaban J connectivity index is 1.45. The third-order valence-electron chi connectivity index (χ3n) is 5.08. The van der Waals surface area contributed by atoms with E-state index in [0.29, 0.717) is 0 Å². The summed E-state index contributed by atoms with van der Waals surface area (Å²) in [7, 11) is 2.16. The number of nitrogens with zero attached hydrogens (tertiary/aromatic N) is 2. The number of nitrogens with two attached hydrogens (primary N) is 2. The van der Waals surface area contributed by atoms with Gasteiger partial charge < -0.3 is 21.3 Å². The highest BCUT2D eigenvalue weighted by atomic mass is 15.1. The topological polar surface area (TPSA) is 58.5 Å². The Morgan fingerprint density at radius 2 is 1.46 bits per heavy atom. The number of piperidine rings is 1. The van der Waals surface area contributed by atoms with Crippen LogP contribution in [0, 0.1) is 5.92 Å². The lowest BCUT2D eigenvalue weighted by Crippen LogP contribution is -2.34. The second-order valence-corrected chi connectivity index (χ2v) is 6.82. The lowest BCUT2D eigenvalue weighted by atomic mass is 9.93. The molecule has 24 heavy (non-hydrogen) atoms. The van der Waals surface area contributed by atoms with Crippen molar-refractivity contribution in [1.82, 2.24) is 0 Å². The number of nitrogen functional groups attached to an aromatic ring is 2. The van der Waals surface area contributed by atoms with Crippen LogP contribution in [0.4, 0.5) is 22.7 Å². The summed E-state index contributed by atoms with van der Waals surface area (Å²) < 4.78 is 0. The van der Waals surface area contributed by atoms with E-state index in [-0.39, 0.29) is 0 Å². The van der Waals surface area contributed by atoms with Crippen LogP contribution in [0.5, 0.6) is 0 Å². The van der Waals surface area contributed by atoms with Gasteiger partial charge in [-0.2, -0.15) is 0 Å². The molecule has 2 aromatic carbocycles. The molecular formula is C20H28N4. The molecule has 0 radical (unpaired) electrons. The second kappa shape index (κ2) is 7.47. The largest absolute Gasteiger partial charge is 0.399 e. The van der Waals surface area contributed by atoms with Crippen molar-refractivity contribution in [3.63, 3.8) is 0 Å². The lowest BCUT2D eigenvalue weighted by molar-refractivity contribution is 0.384. The van der Waals surface area contributed by atoms with Crippen LogP contribution in [-0.4, -0.2) is 26.7 Å². The van der Waals surface area contributed by atoms with Crippen LogP contribution >= 0.6 is 0 Å². The SMILES string of the molecule is CN(CCC1CCN(c2ccc(N)cc2)CC1)c1ccc(N)cc1. The molecule has 3 rings (SSSR count). The molecule has 1 saturated heterocycles. The molecule has 1 aliphatic heterocycles. The summed E-state index contributed by atoms with van der Waals surface area (Å²) in [6, 6.07) is 16.4. The maximum Gasteiger partial charge on any atom is 0.0367 e. The van der Waals surface area contributed by atoms with E-state index in [0.717, 1.165) is 36.9 Å². The highest BCUT2D eigenvalue weighted by molar-refractivity contribution is 5.54. The van der Waals surface area contributed by atoms with Gasteiger partial charge in [0.1, 0.15) is 0 Å². The van der Waals surface area contributed by atoms with E-state index in [1.807, 2.05) is 24.3 Å². The van der Waals surface area contributed by atoms with Gasteiger partial charge in [0.25, 0.3) is 0 Å². The number of benzene rings is 2. The lowest BCUT2D eigenvalue weighted by Gasteiger charge is -2.34. The summed E-state index contributed by atoms with van der Waals surface area (Å²) in [6.45, 7) is 3.37. The fourth-order valence-electron chi connectivity index (χ4n) is 3.40. The molecule has 0 aromatic heterocycles. The van der Waals surface area contributed by atoms with Gasteiger partial charge in [-0.05, 0) is 73.7 Å². The third kappa shape index (κ3) is 4.13. The molecule has 4 nitrogen and oxygen atoms in total. The zero-order chi connectivity index (χ0) is 16.9. The number of anilines is 4. The zero-order valence-corrected chi connectivity index (χ0v) is 14.5. The van der Waals surface area contributed by atoms with Crippen LogP contribution in [0.1, 0.15) is 19.3 Å². The van der Waals surface area contributed by atoms with Crippen molar-refractivity contribution in [2.45, 2.75) is 19.3 Å². The number of rotatable bonds is 5. The van der Waals surface area contributed by atoms with E-state index < -0.39 is 0 Å². The van der Waals surface area contributed by atoms with Crippen LogP contribution in [0.3, 0.4) is 0 Å². The van der Waals surface area contributed by atoms with E-state index in [2.05, 4.69) is 41.1 Å². The van der Waals surface area contributed by atoms with Gasteiger partial charge in [-0.25, -0.2) is 0 Å². The van der Waals surface area contributed by atoms with Crippen molar-refractivity contribution < 1.29 is 0 Å². The molecule has 2 aromatic rings. The normalized spacial score (nSPS) is 15.5. The first kappa shape index (κ1) is 16.5. The molecule has 1 fully saturated rings. The average Bonchev–Trinajstić information content (AvgIpc) is 2.61. The van der Waals surface area contributed by atoms with Gasteiger partial charge in [0.05, 0.1) is 0 Å². The van der Waals surface area contributed by atoms with Gasteiger partial charge in [-0.15, -0.1) is 0 Å². The van der Waals surface area contributed by atoms with E-state index in [4.69, 9.17) is 11.5 Å². The van der Waals surface area contributed by atoms with Crippen molar-refractivity contribution in [3.05, 3.63) is 48.5 Å². The van der Waals surface area contributed by atoms with Gasteiger partial charge in [-0.1, -0.05) is 0 Å². The van der Waals surface area contributed by atoms with Crippen molar-refractivity contribution in [1.29, 1.82) is 0 Å². The second-order valence-electron chi connectivity index (χ2n) is 6.82. The predicted molar refractivity (Wildman–Crippen MR) is 105 cm³/mol. The predicted octanol–water partition coefficient (Wildman–Crippen LogP) is 3.59. The summed E-state index contributed by atoms with van der Waals surface area (Å²) in [5.74, 6) is 0.811. The van der Waals surface area contributed by atoms with Gasteiger partial charge in [0.15, 0.2) is 0 Å². The molecule has 0 amide bonds. The molecule has 4 N–H and O–H groups in total. The molecule has 0 atom stereocenters. The number of hydrogen-bond donors (Lipinski definition) is 2. The van der Waals surface area contributed by atoms with Crippen molar-refractivity contribution in [2.75, 3.05) is 47.9 Å². The fourth-order valence-corrected chi connectivity index (χ4v) is 3.40. The Morgan fingerprint density at radius 1 is 0.917 bits per heavy atom. The Bertz CT molecular complexity index is 628. The summed E-state index contributed by atoms with van der Waals surface area (Å²) in [5.41, 5.74) is 15.7. The standard InChI is InChI=1S/C20H28N4/c1-23(19-6-2-17(21)3-7-19)13-10-16-11-14-24(15-12-16)20-8-4-18(22)5-9-20/h2-9,16H,10-15,21-22H2,1H3. The van der Waals surface area contributed by atoms with E-state index in [1.54, 1.807) is 0 Å². The van der Waals surface area contributed by atoms with Crippen LogP contribution in [-0.2, 0) is 0 Å². The molecule has 1 heterocycles. The molecule has 128 valence electrons. The Labute approximate surface area is 145 Å². The van der Waals surface area contributed by atoms with Crippen LogP contribution in [0.2, 0.25) is 0 Å². The fraction of sp³-hybridized carbons (Fsp3) is 0.400. The van der Waals surface area contributed by atoms with Gasteiger partial charge in [-0.3, -0.25) is 0 Å². The minimum atomic E-state index is 0.811. The molecule has 4 heteroatoms. The van der Waals surface area contributed by atoms with Crippen molar-refractivity contribution in [2.24, 2.45) is 5.92 Å². The highest BCUT2D eigenvalue weighted by Crippen LogP contribution is 2.26. The summed E-state index contributed by atoms with van der Waals surface area (Å²) >= 11 is 0. The Morgan fingerprint density at radius 3 is 2.04 bits per heavy atom. The average molecular weight is 324 g/mol. The van der Waals surface area contributed by atoms with Gasteiger partial charge in [0.2, 0.25) is 0 Å². The minimum Gasteiger partial charge on any atom is -0.399 e. The molecule has 0 aliphatic carbocycles. The molecule has 1 aliphatic rings. The molecule has 0 bridgehead atoms. The Hall–Kier alpha value is -2.36. The first-order valence-electron chi connectivity index (χ1n) is 8.79. The zero-order valence-electron chi connectivity index (χ0n) is 14.5. The van der Waals surface area contributed by atoms with E-state index >= 15 is 0 Å². The molecular weight excluding hydrogens is 296 g/mol. The van der Waals surface area contributed by atoms with Gasteiger partial charge >= 0.3 is 0 Å². The summed E-state index contributed by atoms with van der Waals surface area (Å²) in [4.78, 5) is 4.80. The van der Waals surface area contributed by atoms with E-state index in [1.165, 1.54) is 30.6 Å². The van der Waals surface area contributed by atoms with Gasteiger partial charge in [0, 0.05) is 49.4 Å². The number of hydrogen-bond acceptors (Lipinski definition) is 4. The molecule has 0 unspecified atom stereocenters. The first-order chi connectivity index (χ1) is 11.6. The monoisotopic (exact) mass is 324 g/mol. The molecule has 0 spiro atoms. The highest BCUT2D eigenvalue weighted by Gasteiger charge is 2.19. The first-order valence-corrected chi connectivity index (χ1v) is 8.79. The van der Waals surface area contributed by atoms with Crippen molar-refractivity contribution >= 4 is 22.7 Å². The van der Waals surface area contributed by atoms with E-state index in [9.17, 15) is 0 Å². The molecule has 0 saturated carbocycles. The summed E-state index contributed by atoms with van der Waals surface area (Å²) in [6.07, 6.45) is 3.77. The quantitative estimate of drug-likeness (QED) is 0.825. The van der Waals surface area contributed by atoms with Crippen LogP contribution in [0.25, 0.3) is 0 Å². The van der Waals surface area contributed by atoms with Crippen molar-refractivity contribution in [3.8, 4) is 0 Å². The minimum absolute atomic E-state index is 0.811. The Kier molecular flexibility index (Phi) is 5.14. The van der Waals surface area contributed by atoms with Crippen LogP contribution in [0.15, 0.2) is 48.5 Å². The maximum atomic E-state index is 5.77. The third-order valence-corrected chi connectivity index (χ3v) is 5.08. The smallest absolute Gasteiger partial charge is 0.0367 e. The van der Waals surface area contributed by atoms with Crippen LogP contribution < -0.4 is 21.3 Å².